The van der Waals surface area contributed by atoms with Gasteiger partial charge in [-0.1, -0.05) is 50.3 Å². The minimum atomic E-state index is -0.264. The zero-order chi connectivity index (χ0) is 22.6. The average Bonchev–Trinajstić information content (AvgIpc) is 3.21. The van der Waals surface area contributed by atoms with Gasteiger partial charge in [-0.05, 0) is 66.4 Å². The summed E-state index contributed by atoms with van der Waals surface area (Å²) in [7, 11) is 0. The maximum atomic E-state index is 13.5. The van der Waals surface area contributed by atoms with Crippen molar-refractivity contribution in [3.8, 4) is 17.1 Å². The molecule has 1 aliphatic rings. The van der Waals surface area contributed by atoms with E-state index in [1.54, 1.807) is 12.1 Å². The van der Waals surface area contributed by atoms with Gasteiger partial charge < -0.3 is 15.0 Å². The van der Waals surface area contributed by atoms with Crippen molar-refractivity contribution >= 4 is 16.7 Å². The summed E-state index contributed by atoms with van der Waals surface area (Å²) in [5.41, 5.74) is 10.7. The monoisotopic (exact) mass is 443 g/mol. The molecule has 1 aliphatic carbocycles. The molecule has 1 saturated carbocycles. The molecule has 2 N–H and O–H groups in total. The van der Waals surface area contributed by atoms with Gasteiger partial charge in [0, 0.05) is 12.1 Å². The van der Waals surface area contributed by atoms with Gasteiger partial charge in [-0.25, -0.2) is 9.37 Å². The first kappa shape index (κ1) is 21.5. The van der Waals surface area contributed by atoms with Crippen LogP contribution >= 0.6 is 0 Å². The van der Waals surface area contributed by atoms with Crippen LogP contribution in [-0.2, 0) is 6.54 Å². The van der Waals surface area contributed by atoms with Crippen LogP contribution in [0.1, 0.15) is 44.1 Å². The summed E-state index contributed by atoms with van der Waals surface area (Å²) in [6.45, 7) is 1.39. The zero-order valence-electron chi connectivity index (χ0n) is 18.8. The highest BCUT2D eigenvalue weighted by Crippen LogP contribution is 2.30. The Morgan fingerprint density at radius 1 is 0.939 bits per heavy atom. The van der Waals surface area contributed by atoms with E-state index in [0.29, 0.717) is 12.2 Å². The highest BCUT2D eigenvalue weighted by Gasteiger charge is 2.16. The minimum absolute atomic E-state index is 0.264. The summed E-state index contributed by atoms with van der Waals surface area (Å²) < 4.78 is 21.6. The predicted molar refractivity (Wildman–Crippen MR) is 132 cm³/mol. The number of nitrogens with zero attached hydrogens (tertiary/aromatic N) is 2. The van der Waals surface area contributed by atoms with E-state index in [-0.39, 0.29) is 5.82 Å². The number of nitrogens with two attached hydrogens (primary N) is 1. The standard InChI is InChI=1S/C28H30FN3O/c29-23-13-11-22(12-14-23)28-31-26-8-4-7-25(30)27(26)32(28)19-21-9-15-24(16-10-21)33-18-17-20-5-2-1-3-6-20/h4,7-16,20H,1-3,5-6,17-19,30H2. The molecular formula is C28H30FN3O. The van der Waals surface area contributed by atoms with Gasteiger partial charge in [-0.3, -0.25) is 0 Å². The van der Waals surface area contributed by atoms with Gasteiger partial charge in [0.2, 0.25) is 0 Å². The van der Waals surface area contributed by atoms with E-state index < -0.39 is 0 Å². The lowest BCUT2D eigenvalue weighted by Crippen LogP contribution is -2.10. The topological polar surface area (TPSA) is 53.1 Å². The fourth-order valence-electron chi connectivity index (χ4n) is 4.88. The molecule has 4 nitrogen and oxygen atoms in total. The lowest BCUT2D eigenvalue weighted by atomic mass is 9.87. The third-order valence-electron chi connectivity index (χ3n) is 6.68. The maximum absolute atomic E-state index is 13.5. The number of anilines is 1. The molecule has 0 unspecified atom stereocenters. The molecule has 1 heterocycles. The lowest BCUT2D eigenvalue weighted by molar-refractivity contribution is 0.246. The average molecular weight is 444 g/mol. The molecule has 0 aliphatic heterocycles. The van der Waals surface area contributed by atoms with Gasteiger partial charge >= 0.3 is 0 Å². The number of halogens is 1. The minimum Gasteiger partial charge on any atom is -0.494 e. The molecular weight excluding hydrogens is 413 g/mol. The van der Waals surface area contributed by atoms with Crippen molar-refractivity contribution in [3.05, 3.63) is 78.1 Å². The lowest BCUT2D eigenvalue weighted by Gasteiger charge is -2.21. The third-order valence-corrected chi connectivity index (χ3v) is 6.68. The Hall–Kier alpha value is -3.34. The number of aromatic nitrogens is 2. The van der Waals surface area contributed by atoms with Gasteiger partial charge in [0.05, 0.1) is 23.3 Å². The van der Waals surface area contributed by atoms with E-state index in [1.165, 1.54) is 44.2 Å². The Balaban J connectivity index is 1.35. The number of para-hydroxylation sites is 1. The summed E-state index contributed by atoms with van der Waals surface area (Å²) in [5, 5.41) is 0. The molecule has 1 fully saturated rings. The second-order valence-corrected chi connectivity index (χ2v) is 9.03. The van der Waals surface area contributed by atoms with E-state index in [4.69, 9.17) is 15.5 Å². The van der Waals surface area contributed by atoms with Crippen molar-refractivity contribution in [1.82, 2.24) is 9.55 Å². The van der Waals surface area contributed by atoms with E-state index in [9.17, 15) is 4.39 Å². The number of nitrogen functional groups attached to an aromatic ring is 1. The largest absolute Gasteiger partial charge is 0.494 e. The van der Waals surface area contributed by atoms with Crippen LogP contribution in [0.25, 0.3) is 22.4 Å². The van der Waals surface area contributed by atoms with Gasteiger partial charge in [-0.15, -0.1) is 0 Å². The summed E-state index contributed by atoms with van der Waals surface area (Å²) >= 11 is 0. The maximum Gasteiger partial charge on any atom is 0.141 e. The quantitative estimate of drug-likeness (QED) is 0.319. The molecule has 0 bridgehead atoms. The normalized spacial score (nSPS) is 14.6. The van der Waals surface area contributed by atoms with Crippen LogP contribution in [0.3, 0.4) is 0 Å². The van der Waals surface area contributed by atoms with Crippen molar-refractivity contribution in [2.24, 2.45) is 5.92 Å². The molecule has 4 aromatic rings. The van der Waals surface area contributed by atoms with E-state index in [2.05, 4.69) is 16.7 Å². The highest BCUT2D eigenvalue weighted by molar-refractivity contribution is 5.90. The number of benzene rings is 3. The van der Waals surface area contributed by atoms with E-state index >= 15 is 0 Å². The number of hydrogen-bond acceptors (Lipinski definition) is 3. The zero-order valence-corrected chi connectivity index (χ0v) is 18.8. The van der Waals surface area contributed by atoms with Crippen LogP contribution in [-0.4, -0.2) is 16.2 Å². The van der Waals surface area contributed by atoms with Crippen molar-refractivity contribution in [2.45, 2.75) is 45.1 Å². The van der Waals surface area contributed by atoms with Crippen LogP contribution < -0.4 is 10.5 Å². The van der Waals surface area contributed by atoms with Gasteiger partial charge in [-0.2, -0.15) is 0 Å². The smallest absolute Gasteiger partial charge is 0.141 e. The number of fused-ring (bicyclic) bond motifs is 1. The Bertz CT molecular complexity index is 1210. The second kappa shape index (κ2) is 9.65. The molecule has 0 amide bonds. The molecule has 5 rings (SSSR count). The van der Waals surface area contributed by atoms with Crippen LogP contribution in [0.4, 0.5) is 10.1 Å². The Morgan fingerprint density at radius 2 is 1.70 bits per heavy atom. The summed E-state index contributed by atoms with van der Waals surface area (Å²) in [4.78, 5) is 4.81. The Morgan fingerprint density at radius 3 is 2.45 bits per heavy atom. The van der Waals surface area contributed by atoms with Crippen molar-refractivity contribution in [2.75, 3.05) is 12.3 Å². The Labute approximate surface area is 194 Å². The van der Waals surface area contributed by atoms with Crippen LogP contribution in [0.2, 0.25) is 0 Å². The van der Waals surface area contributed by atoms with Crippen LogP contribution in [0.15, 0.2) is 66.7 Å². The van der Waals surface area contributed by atoms with Crippen molar-refractivity contribution in [3.63, 3.8) is 0 Å². The SMILES string of the molecule is Nc1cccc2nc(-c3ccc(F)cc3)n(Cc3ccc(OCCC4CCCCC4)cc3)c12. The van der Waals surface area contributed by atoms with Crippen LogP contribution in [0.5, 0.6) is 5.75 Å². The number of hydrogen-bond donors (Lipinski definition) is 1. The highest BCUT2D eigenvalue weighted by atomic mass is 19.1. The number of rotatable bonds is 7. The van der Waals surface area contributed by atoms with Gasteiger partial charge in [0.15, 0.2) is 0 Å². The summed E-state index contributed by atoms with van der Waals surface area (Å²) in [6, 6.07) is 20.4. The second-order valence-electron chi connectivity index (χ2n) is 9.03. The molecule has 0 radical (unpaired) electrons. The molecule has 3 aromatic carbocycles. The molecule has 0 spiro atoms. The van der Waals surface area contributed by atoms with Crippen molar-refractivity contribution in [1.29, 1.82) is 0 Å². The predicted octanol–water partition coefficient (Wildman–Crippen LogP) is 6.82. The van der Waals surface area contributed by atoms with Gasteiger partial charge in [0.1, 0.15) is 17.4 Å². The molecule has 5 heteroatoms. The first-order valence-corrected chi connectivity index (χ1v) is 11.9. The first-order valence-electron chi connectivity index (χ1n) is 11.9. The first-order chi connectivity index (χ1) is 16.2. The van der Waals surface area contributed by atoms with E-state index in [1.807, 2.05) is 30.3 Å². The van der Waals surface area contributed by atoms with E-state index in [0.717, 1.165) is 52.7 Å². The summed E-state index contributed by atoms with van der Waals surface area (Å²) in [5.74, 6) is 2.24. The molecule has 33 heavy (non-hydrogen) atoms. The van der Waals surface area contributed by atoms with Crippen molar-refractivity contribution < 1.29 is 9.13 Å². The van der Waals surface area contributed by atoms with Crippen LogP contribution in [0, 0.1) is 11.7 Å². The van der Waals surface area contributed by atoms with Gasteiger partial charge in [0.25, 0.3) is 0 Å². The molecule has 1 aromatic heterocycles. The summed E-state index contributed by atoms with van der Waals surface area (Å²) in [6.07, 6.45) is 7.96. The number of ether oxygens (including phenoxy) is 1. The number of imidazole rings is 1. The third kappa shape index (κ3) is 4.87. The molecule has 0 saturated heterocycles. The fourth-order valence-corrected chi connectivity index (χ4v) is 4.88. The molecule has 0 atom stereocenters. The Kier molecular flexibility index (Phi) is 6.29. The fraction of sp³-hybridized carbons (Fsp3) is 0.321. The molecule has 170 valence electrons.